The molecule has 3 heterocycles. The molecule has 1 fully saturated rings. The number of benzene rings is 2. The van der Waals surface area contributed by atoms with Crippen molar-refractivity contribution in [3.63, 3.8) is 0 Å². The number of rotatable bonds is 4. The molecule has 9 nitrogen and oxygen atoms in total. The fourth-order valence-electron chi connectivity index (χ4n) is 4.38. The van der Waals surface area contributed by atoms with Gasteiger partial charge in [-0.3, -0.25) is 19.4 Å². The lowest BCUT2D eigenvalue weighted by molar-refractivity contribution is -0.133. The zero-order valence-corrected chi connectivity index (χ0v) is 18.8. The van der Waals surface area contributed by atoms with Crippen LogP contribution in [0.15, 0.2) is 54.4 Å². The molecule has 4 amide bonds. The van der Waals surface area contributed by atoms with Gasteiger partial charge in [-0.2, -0.15) is 0 Å². The van der Waals surface area contributed by atoms with Crippen LogP contribution in [0.5, 0.6) is 5.75 Å². The Labute approximate surface area is 195 Å². The molecule has 10 heteroatoms. The number of nitrogens with zero attached hydrogens (tertiary/aromatic N) is 4. The number of carbonyl (C=O) groups is 3. The third kappa shape index (κ3) is 3.86. The molecule has 34 heavy (non-hydrogen) atoms. The number of anilines is 1. The summed E-state index contributed by atoms with van der Waals surface area (Å²) in [5, 5.41) is 1.59. The molecule has 0 aliphatic carbocycles. The van der Waals surface area contributed by atoms with Crippen LogP contribution in [0.1, 0.15) is 11.1 Å². The van der Waals surface area contributed by atoms with E-state index in [0.717, 1.165) is 10.5 Å². The number of hydrogen-bond acceptors (Lipinski definition) is 6. The van der Waals surface area contributed by atoms with Crippen molar-refractivity contribution < 1.29 is 23.5 Å². The van der Waals surface area contributed by atoms with Crippen LogP contribution >= 0.6 is 0 Å². The zero-order chi connectivity index (χ0) is 24.0. The Hall–Kier alpha value is -3.92. The van der Waals surface area contributed by atoms with E-state index in [-0.39, 0.29) is 19.0 Å². The largest absolute Gasteiger partial charge is 0.490 e. The van der Waals surface area contributed by atoms with Gasteiger partial charge in [-0.05, 0) is 42.3 Å². The van der Waals surface area contributed by atoms with Crippen LogP contribution in [0, 0.1) is 12.7 Å². The Balaban J connectivity index is 1.43. The van der Waals surface area contributed by atoms with Gasteiger partial charge in [0.25, 0.3) is 5.91 Å². The van der Waals surface area contributed by atoms with Gasteiger partial charge in [0.1, 0.15) is 30.8 Å². The average Bonchev–Trinajstić information content (AvgIpc) is 3.21. The predicted octanol–water partition coefficient (Wildman–Crippen LogP) is 1.98. The molecule has 176 valence electrons. The number of nitrogens with one attached hydrogen (secondary N) is 1. The summed E-state index contributed by atoms with van der Waals surface area (Å²) in [6.07, 6.45) is 1.64. The van der Waals surface area contributed by atoms with Gasteiger partial charge in [0.15, 0.2) is 0 Å². The van der Waals surface area contributed by atoms with E-state index in [9.17, 15) is 18.8 Å². The van der Waals surface area contributed by atoms with Crippen LogP contribution in [-0.2, 0) is 16.1 Å². The molecule has 0 bridgehead atoms. The maximum atomic E-state index is 13.4. The summed E-state index contributed by atoms with van der Waals surface area (Å²) in [6, 6.07) is 9.83. The smallest absolute Gasteiger partial charge is 0.331 e. The first-order chi connectivity index (χ1) is 16.3. The highest BCUT2D eigenvalue weighted by atomic mass is 19.1. The molecule has 2 aromatic rings. The maximum absolute atomic E-state index is 13.4. The number of carbonyl (C=O) groups excluding carboxylic acids is 3. The van der Waals surface area contributed by atoms with Crippen LogP contribution in [-0.4, -0.2) is 65.4 Å². The Kier molecular flexibility index (Phi) is 5.45. The number of amides is 4. The molecule has 5 rings (SSSR count). The lowest BCUT2D eigenvalue weighted by Crippen LogP contribution is -2.61. The number of hydrazine groups is 1. The van der Waals surface area contributed by atoms with Crippen LogP contribution in [0.4, 0.5) is 14.9 Å². The maximum Gasteiger partial charge on any atom is 0.331 e. The number of urea groups is 1. The standard InChI is InChI=1S/C24H24FN5O4/c1-15-3-8-20-18(11-15)28(9-10-34-20)21(31)14-29-19-13-27(2)26-22(19)23(32)30(24(29)33)12-16-4-6-17(25)7-5-16/h3-8,11,13,22,26H,9-10,12,14H2,1-2H3. The Morgan fingerprint density at radius 3 is 2.68 bits per heavy atom. The quantitative estimate of drug-likeness (QED) is 0.744. The molecule has 1 atom stereocenters. The molecule has 3 aliphatic heterocycles. The number of halogens is 1. The van der Waals surface area contributed by atoms with Gasteiger partial charge in [0, 0.05) is 13.2 Å². The second-order valence-electron chi connectivity index (χ2n) is 8.51. The first-order valence-corrected chi connectivity index (χ1v) is 10.9. The minimum absolute atomic E-state index is 0.0304. The predicted molar refractivity (Wildman–Crippen MR) is 121 cm³/mol. The number of fused-ring (bicyclic) bond motifs is 2. The van der Waals surface area contributed by atoms with E-state index < -0.39 is 23.8 Å². The van der Waals surface area contributed by atoms with Gasteiger partial charge in [0.2, 0.25) is 5.91 Å². The third-order valence-corrected chi connectivity index (χ3v) is 6.07. The molecule has 0 radical (unpaired) electrons. The highest BCUT2D eigenvalue weighted by Gasteiger charge is 2.46. The lowest BCUT2D eigenvalue weighted by Gasteiger charge is -2.39. The van der Waals surface area contributed by atoms with Crippen molar-refractivity contribution >= 4 is 23.5 Å². The van der Waals surface area contributed by atoms with E-state index in [1.165, 1.54) is 29.2 Å². The summed E-state index contributed by atoms with van der Waals surface area (Å²) in [5.41, 5.74) is 5.67. The van der Waals surface area contributed by atoms with Crippen molar-refractivity contribution in [2.45, 2.75) is 19.5 Å². The monoisotopic (exact) mass is 465 g/mol. The SMILES string of the molecule is Cc1ccc2c(c1)N(C(=O)CN1C(=O)N(Cc3ccc(F)cc3)C(=O)C3NN(C)C=C31)CCO2. The normalized spacial score (nSPS) is 19.6. The number of hydrogen-bond donors (Lipinski definition) is 1. The first-order valence-electron chi connectivity index (χ1n) is 10.9. The van der Waals surface area contributed by atoms with E-state index in [4.69, 9.17) is 4.74 Å². The molecule has 1 N–H and O–H groups in total. The van der Waals surface area contributed by atoms with Crippen molar-refractivity contribution in [1.82, 2.24) is 20.2 Å². The molecule has 1 saturated heterocycles. The van der Waals surface area contributed by atoms with E-state index in [1.54, 1.807) is 23.2 Å². The molecular formula is C24H24FN5O4. The summed E-state index contributed by atoms with van der Waals surface area (Å²) >= 11 is 0. The summed E-state index contributed by atoms with van der Waals surface area (Å²) in [4.78, 5) is 44.0. The Morgan fingerprint density at radius 1 is 1.15 bits per heavy atom. The van der Waals surface area contributed by atoms with Crippen molar-refractivity contribution in [3.05, 3.63) is 71.3 Å². The van der Waals surface area contributed by atoms with E-state index >= 15 is 0 Å². The molecule has 1 unspecified atom stereocenters. The van der Waals surface area contributed by atoms with Gasteiger partial charge >= 0.3 is 6.03 Å². The van der Waals surface area contributed by atoms with E-state index in [2.05, 4.69) is 5.43 Å². The van der Waals surface area contributed by atoms with Gasteiger partial charge < -0.3 is 14.6 Å². The van der Waals surface area contributed by atoms with Crippen molar-refractivity contribution in [2.24, 2.45) is 0 Å². The van der Waals surface area contributed by atoms with Crippen LogP contribution in [0.25, 0.3) is 0 Å². The van der Waals surface area contributed by atoms with Crippen molar-refractivity contribution in [2.75, 3.05) is 31.6 Å². The fraction of sp³-hybridized carbons (Fsp3) is 0.292. The average molecular weight is 465 g/mol. The van der Waals surface area contributed by atoms with Gasteiger partial charge in [-0.25, -0.2) is 14.6 Å². The van der Waals surface area contributed by atoms with E-state index in [0.29, 0.717) is 35.8 Å². The summed E-state index contributed by atoms with van der Waals surface area (Å²) in [7, 11) is 1.72. The van der Waals surface area contributed by atoms with Gasteiger partial charge in [-0.1, -0.05) is 18.2 Å². The summed E-state index contributed by atoms with van der Waals surface area (Å²) in [6.45, 7) is 2.37. The van der Waals surface area contributed by atoms with Crippen LogP contribution in [0.2, 0.25) is 0 Å². The highest BCUT2D eigenvalue weighted by Crippen LogP contribution is 2.33. The molecule has 3 aliphatic rings. The van der Waals surface area contributed by atoms with Crippen LogP contribution < -0.4 is 15.1 Å². The third-order valence-electron chi connectivity index (χ3n) is 6.07. The van der Waals surface area contributed by atoms with E-state index in [1.807, 2.05) is 25.1 Å². The Bertz CT molecular complexity index is 1200. The fourth-order valence-corrected chi connectivity index (χ4v) is 4.38. The zero-order valence-electron chi connectivity index (χ0n) is 18.8. The minimum atomic E-state index is -0.796. The number of aryl methyl sites for hydroxylation is 1. The number of ether oxygens (including phenoxy) is 1. The molecule has 0 aromatic heterocycles. The van der Waals surface area contributed by atoms with Gasteiger partial charge in [0.05, 0.1) is 24.5 Å². The molecule has 0 spiro atoms. The van der Waals surface area contributed by atoms with Crippen molar-refractivity contribution in [1.29, 1.82) is 0 Å². The van der Waals surface area contributed by atoms with Crippen LogP contribution in [0.3, 0.4) is 0 Å². The first kappa shape index (κ1) is 21.9. The second kappa shape index (κ2) is 8.45. The Morgan fingerprint density at radius 2 is 1.91 bits per heavy atom. The minimum Gasteiger partial charge on any atom is -0.490 e. The molecule has 0 saturated carbocycles. The number of imide groups is 1. The summed E-state index contributed by atoms with van der Waals surface area (Å²) in [5.74, 6) is -0.505. The highest BCUT2D eigenvalue weighted by molar-refractivity contribution is 6.05. The summed E-state index contributed by atoms with van der Waals surface area (Å²) < 4.78 is 19.0. The lowest BCUT2D eigenvalue weighted by atomic mass is 10.1. The topological polar surface area (TPSA) is 85.4 Å². The van der Waals surface area contributed by atoms with Crippen molar-refractivity contribution in [3.8, 4) is 5.75 Å². The molecular weight excluding hydrogens is 441 g/mol. The van der Waals surface area contributed by atoms with Gasteiger partial charge in [-0.15, -0.1) is 0 Å². The molecule has 2 aromatic carbocycles. The second-order valence-corrected chi connectivity index (χ2v) is 8.51.